The van der Waals surface area contributed by atoms with E-state index in [1.165, 1.54) is 12.1 Å². The molecule has 0 saturated carbocycles. The maximum absolute atomic E-state index is 13.8. The van der Waals surface area contributed by atoms with Crippen LogP contribution in [0.25, 0.3) is 22.6 Å². The van der Waals surface area contributed by atoms with Gasteiger partial charge in [0.05, 0.1) is 10.6 Å². The van der Waals surface area contributed by atoms with E-state index < -0.39 is 5.82 Å². The molecule has 2 aromatic carbocycles. The average Bonchev–Trinajstić information content (AvgIpc) is 2.80. The Bertz CT molecular complexity index is 734. The van der Waals surface area contributed by atoms with Crippen molar-refractivity contribution in [2.75, 3.05) is 0 Å². The Balaban J connectivity index is 2.21. The summed E-state index contributed by atoms with van der Waals surface area (Å²) < 4.78 is 19.4. The molecule has 0 fully saturated rings. The Morgan fingerprint density at radius 3 is 2.84 bits per heavy atom. The van der Waals surface area contributed by atoms with Crippen LogP contribution in [0.5, 0.6) is 0 Å². The number of hydrogen-bond acceptors (Lipinski definition) is 3. The summed E-state index contributed by atoms with van der Waals surface area (Å²) in [7, 11) is 0. The minimum Gasteiger partial charge on any atom is -0.436 e. The molecule has 96 valence electrons. The molecule has 1 aromatic heterocycles. The van der Waals surface area contributed by atoms with Gasteiger partial charge in [0.25, 0.3) is 0 Å². The fraction of sp³-hybridized carbons (Fsp3) is 0.0714. The molecule has 0 radical (unpaired) electrons. The quantitative estimate of drug-likeness (QED) is 0.775. The smallest absolute Gasteiger partial charge is 0.231 e. The van der Waals surface area contributed by atoms with Crippen molar-refractivity contribution in [2.45, 2.75) is 6.54 Å². The highest BCUT2D eigenvalue weighted by Gasteiger charge is 2.16. The molecule has 0 spiro atoms. The highest BCUT2D eigenvalue weighted by atomic mass is 35.5. The molecule has 0 atom stereocenters. The normalized spacial score (nSPS) is 11.1. The van der Waals surface area contributed by atoms with E-state index in [1.807, 2.05) is 6.07 Å². The number of fused-ring (bicyclic) bond motifs is 1. The molecule has 1 heterocycles. The molecule has 3 nitrogen and oxygen atoms in total. The van der Waals surface area contributed by atoms with Crippen molar-refractivity contribution < 1.29 is 8.81 Å². The Kier molecular flexibility index (Phi) is 2.97. The van der Waals surface area contributed by atoms with Crippen molar-refractivity contribution in [2.24, 2.45) is 5.73 Å². The fourth-order valence-corrected chi connectivity index (χ4v) is 2.15. The fourth-order valence-electron chi connectivity index (χ4n) is 1.91. The van der Waals surface area contributed by atoms with Crippen molar-refractivity contribution in [1.29, 1.82) is 0 Å². The van der Waals surface area contributed by atoms with E-state index in [4.69, 9.17) is 21.8 Å². The van der Waals surface area contributed by atoms with Crippen LogP contribution in [0.15, 0.2) is 40.8 Å². The van der Waals surface area contributed by atoms with E-state index in [2.05, 4.69) is 4.98 Å². The van der Waals surface area contributed by atoms with E-state index >= 15 is 0 Å². The third-order valence-electron chi connectivity index (χ3n) is 2.87. The van der Waals surface area contributed by atoms with Crippen LogP contribution in [0.3, 0.4) is 0 Å². The first-order chi connectivity index (χ1) is 9.19. The van der Waals surface area contributed by atoms with Gasteiger partial charge in [0, 0.05) is 6.54 Å². The van der Waals surface area contributed by atoms with E-state index in [0.717, 1.165) is 5.56 Å². The average molecular weight is 277 g/mol. The third-order valence-corrected chi connectivity index (χ3v) is 3.18. The molecule has 0 aliphatic carbocycles. The molecule has 0 amide bonds. The molecule has 5 heteroatoms. The molecular weight excluding hydrogens is 267 g/mol. The van der Waals surface area contributed by atoms with Gasteiger partial charge in [0.1, 0.15) is 11.3 Å². The maximum atomic E-state index is 13.8. The van der Waals surface area contributed by atoms with Gasteiger partial charge in [-0.1, -0.05) is 23.7 Å². The van der Waals surface area contributed by atoms with Crippen molar-refractivity contribution in [1.82, 2.24) is 4.98 Å². The number of benzene rings is 2. The number of nitrogens with zero attached hydrogens (tertiary/aromatic N) is 1. The highest BCUT2D eigenvalue weighted by molar-refractivity contribution is 6.33. The molecule has 0 unspecified atom stereocenters. The summed E-state index contributed by atoms with van der Waals surface area (Å²) >= 11 is 5.99. The molecule has 0 aliphatic heterocycles. The first-order valence-corrected chi connectivity index (χ1v) is 6.11. The first kappa shape index (κ1) is 12.1. The van der Waals surface area contributed by atoms with Crippen LogP contribution in [0, 0.1) is 5.82 Å². The van der Waals surface area contributed by atoms with Gasteiger partial charge < -0.3 is 10.2 Å². The van der Waals surface area contributed by atoms with Crippen molar-refractivity contribution in [3.05, 3.63) is 52.8 Å². The Hall–Kier alpha value is -1.91. The van der Waals surface area contributed by atoms with Crippen LogP contribution in [-0.4, -0.2) is 4.98 Å². The van der Waals surface area contributed by atoms with Gasteiger partial charge >= 0.3 is 0 Å². The second-order valence-electron chi connectivity index (χ2n) is 4.12. The Labute approximate surface area is 113 Å². The molecule has 0 saturated heterocycles. The third kappa shape index (κ3) is 2.09. The molecule has 3 aromatic rings. The van der Waals surface area contributed by atoms with E-state index in [-0.39, 0.29) is 16.5 Å². The van der Waals surface area contributed by atoms with E-state index in [1.54, 1.807) is 18.2 Å². The zero-order valence-corrected chi connectivity index (χ0v) is 10.6. The minimum atomic E-state index is -0.460. The zero-order valence-electron chi connectivity index (χ0n) is 9.86. The van der Waals surface area contributed by atoms with Gasteiger partial charge in [-0.15, -0.1) is 0 Å². The summed E-state index contributed by atoms with van der Waals surface area (Å²) in [5, 5.41) is 0.269. The summed E-state index contributed by atoms with van der Waals surface area (Å²) in [6, 6.07) is 9.90. The van der Waals surface area contributed by atoms with Crippen LogP contribution >= 0.6 is 11.6 Å². The first-order valence-electron chi connectivity index (χ1n) is 5.73. The lowest BCUT2D eigenvalue weighted by Gasteiger charge is -1.99. The summed E-state index contributed by atoms with van der Waals surface area (Å²) in [5.41, 5.74) is 7.88. The number of aromatic nitrogens is 1. The molecule has 19 heavy (non-hydrogen) atoms. The summed E-state index contributed by atoms with van der Waals surface area (Å²) in [5.74, 6) is -0.287. The number of halogens is 2. The predicted octanol–water partition coefficient (Wildman–Crippen LogP) is 3.75. The summed E-state index contributed by atoms with van der Waals surface area (Å²) in [6.07, 6.45) is 0. The van der Waals surface area contributed by atoms with Crippen LogP contribution in [-0.2, 0) is 6.54 Å². The maximum Gasteiger partial charge on any atom is 0.231 e. The van der Waals surface area contributed by atoms with Crippen molar-refractivity contribution >= 4 is 22.7 Å². The van der Waals surface area contributed by atoms with Crippen LogP contribution in [0.2, 0.25) is 5.02 Å². The standard InChI is InChI=1S/C14H10ClFN2O/c15-9-2-1-3-10(16)13(9)14-18-11-5-4-8(7-17)6-12(11)19-14/h1-6H,7,17H2. The molecule has 3 rings (SSSR count). The Morgan fingerprint density at radius 2 is 2.11 bits per heavy atom. The van der Waals surface area contributed by atoms with Gasteiger partial charge in [-0.25, -0.2) is 9.37 Å². The lowest BCUT2D eigenvalue weighted by Crippen LogP contribution is -1.94. The van der Waals surface area contributed by atoms with Gasteiger partial charge in [0.2, 0.25) is 5.89 Å². The predicted molar refractivity (Wildman–Crippen MR) is 72.3 cm³/mol. The largest absolute Gasteiger partial charge is 0.436 e. The molecule has 0 aliphatic rings. The summed E-state index contributed by atoms with van der Waals surface area (Å²) in [4.78, 5) is 4.25. The van der Waals surface area contributed by atoms with Crippen molar-refractivity contribution in [3.63, 3.8) is 0 Å². The molecule has 2 N–H and O–H groups in total. The second-order valence-corrected chi connectivity index (χ2v) is 4.53. The van der Waals surface area contributed by atoms with Gasteiger partial charge in [-0.2, -0.15) is 0 Å². The van der Waals surface area contributed by atoms with E-state index in [9.17, 15) is 4.39 Å². The molecule has 0 bridgehead atoms. The zero-order chi connectivity index (χ0) is 13.4. The van der Waals surface area contributed by atoms with Crippen LogP contribution < -0.4 is 5.73 Å². The second kappa shape index (κ2) is 4.64. The topological polar surface area (TPSA) is 52.0 Å². The number of oxazole rings is 1. The van der Waals surface area contributed by atoms with Crippen LogP contribution in [0.1, 0.15) is 5.56 Å². The number of rotatable bonds is 2. The lowest BCUT2D eigenvalue weighted by atomic mass is 10.2. The lowest BCUT2D eigenvalue weighted by molar-refractivity contribution is 0.593. The minimum absolute atomic E-state index is 0.173. The van der Waals surface area contributed by atoms with E-state index in [0.29, 0.717) is 17.6 Å². The molecular formula is C14H10ClFN2O. The number of hydrogen-bond donors (Lipinski definition) is 1. The van der Waals surface area contributed by atoms with Crippen molar-refractivity contribution in [3.8, 4) is 11.5 Å². The van der Waals surface area contributed by atoms with Gasteiger partial charge in [-0.3, -0.25) is 0 Å². The summed E-state index contributed by atoms with van der Waals surface area (Å²) in [6.45, 7) is 0.409. The monoisotopic (exact) mass is 276 g/mol. The van der Waals surface area contributed by atoms with Gasteiger partial charge in [0.15, 0.2) is 5.58 Å². The highest BCUT2D eigenvalue weighted by Crippen LogP contribution is 2.32. The number of nitrogens with two attached hydrogens (primary N) is 1. The van der Waals surface area contributed by atoms with Gasteiger partial charge in [-0.05, 0) is 29.8 Å². The van der Waals surface area contributed by atoms with Crippen LogP contribution in [0.4, 0.5) is 4.39 Å². The Morgan fingerprint density at radius 1 is 1.26 bits per heavy atom. The SMILES string of the molecule is NCc1ccc2nc(-c3c(F)cccc3Cl)oc2c1.